The topological polar surface area (TPSA) is 135 Å². The van der Waals surface area contributed by atoms with Gasteiger partial charge < -0.3 is 19.9 Å². The van der Waals surface area contributed by atoms with Crippen molar-refractivity contribution in [1.82, 2.24) is 9.88 Å². The molecular formula is C25H24N4O6S. The number of aromatic nitrogens is 1. The van der Waals surface area contributed by atoms with E-state index in [9.17, 15) is 29.6 Å². The van der Waals surface area contributed by atoms with E-state index in [2.05, 4.69) is 5.32 Å². The number of nitrogens with one attached hydrogen (secondary N) is 1. The fourth-order valence-corrected chi connectivity index (χ4v) is 5.84. The lowest BCUT2D eigenvalue weighted by Gasteiger charge is -2.39. The summed E-state index contributed by atoms with van der Waals surface area (Å²) in [6.45, 7) is 5.87. The predicted octanol–water partition coefficient (Wildman–Crippen LogP) is 3.69. The van der Waals surface area contributed by atoms with E-state index in [1.807, 2.05) is 45.0 Å². The first kappa shape index (κ1) is 23.9. The van der Waals surface area contributed by atoms with Crippen LogP contribution in [0.5, 0.6) is 0 Å². The highest BCUT2D eigenvalue weighted by Crippen LogP contribution is 2.43. The number of carbonyl (C=O) groups is 2. The number of carboxylic acid groups (broad SMARTS) is 1. The Bertz CT molecular complexity index is 1520. The number of nitro groups is 1. The number of nitrogens with zero attached hydrogens (tertiary/aromatic N) is 3. The van der Waals surface area contributed by atoms with E-state index in [0.717, 1.165) is 11.1 Å². The number of amides is 1. The summed E-state index contributed by atoms with van der Waals surface area (Å²) >= 11 is 1.21. The number of carbonyl (C=O) groups excluding carboxylic acids is 1. The van der Waals surface area contributed by atoms with Crippen molar-refractivity contribution in [3.05, 3.63) is 73.4 Å². The molecule has 5 rings (SSSR count). The predicted molar refractivity (Wildman–Crippen MR) is 136 cm³/mol. The van der Waals surface area contributed by atoms with Crippen LogP contribution in [-0.4, -0.2) is 38.6 Å². The number of carboxylic acids is 1. The third-order valence-electron chi connectivity index (χ3n) is 6.39. The van der Waals surface area contributed by atoms with E-state index >= 15 is 0 Å². The molecule has 1 unspecified atom stereocenters. The van der Waals surface area contributed by atoms with Gasteiger partial charge in [-0.15, -0.1) is 0 Å². The first-order chi connectivity index (χ1) is 17.0. The Morgan fingerprint density at radius 3 is 2.56 bits per heavy atom. The van der Waals surface area contributed by atoms with Crippen LogP contribution in [0.2, 0.25) is 0 Å². The molecule has 0 bridgehead atoms. The van der Waals surface area contributed by atoms with Gasteiger partial charge in [0.15, 0.2) is 0 Å². The molecule has 36 heavy (non-hydrogen) atoms. The summed E-state index contributed by atoms with van der Waals surface area (Å²) in [4.78, 5) is 52.0. The maximum atomic E-state index is 13.6. The van der Waals surface area contributed by atoms with Crippen LogP contribution < -0.4 is 15.6 Å². The number of thioether (sulfide) groups is 1. The number of nitro benzene ring substituents is 1. The zero-order chi connectivity index (χ0) is 25.9. The van der Waals surface area contributed by atoms with Crippen molar-refractivity contribution in [3.8, 4) is 0 Å². The van der Waals surface area contributed by atoms with Crippen molar-refractivity contribution in [2.45, 2.75) is 49.7 Å². The van der Waals surface area contributed by atoms with Crippen molar-refractivity contribution >= 4 is 45.9 Å². The zero-order valence-electron chi connectivity index (χ0n) is 19.9. The number of benzene rings is 2. The molecule has 0 spiro atoms. The van der Waals surface area contributed by atoms with Gasteiger partial charge in [-0.1, -0.05) is 36.0 Å². The molecule has 0 fully saturated rings. The van der Waals surface area contributed by atoms with E-state index in [1.54, 1.807) is 9.47 Å². The molecule has 2 aliphatic rings. The normalized spacial score (nSPS) is 16.6. The molecule has 11 heteroatoms. The van der Waals surface area contributed by atoms with Crippen LogP contribution in [0.1, 0.15) is 48.3 Å². The first-order valence-electron chi connectivity index (χ1n) is 11.4. The van der Waals surface area contributed by atoms with Gasteiger partial charge in [0, 0.05) is 23.5 Å². The average Bonchev–Trinajstić information content (AvgIpc) is 2.78. The Balaban J connectivity index is 1.76. The van der Waals surface area contributed by atoms with Gasteiger partial charge in [0.1, 0.15) is 17.3 Å². The number of aromatic carboxylic acids is 1. The van der Waals surface area contributed by atoms with Gasteiger partial charge >= 0.3 is 5.97 Å². The summed E-state index contributed by atoms with van der Waals surface area (Å²) in [7, 11) is 0. The minimum Gasteiger partial charge on any atom is -0.477 e. The minimum absolute atomic E-state index is 0.0749. The molecule has 1 aromatic heterocycles. The SMILES string of the molecule is CC(C)(C)NC(=O)C1c2ccccc2CCN1c1cc2c(=O)c(C(=O)O)c3n(c2cc1[N+](=O)[O-])CS3. The molecule has 0 aliphatic carbocycles. The highest BCUT2D eigenvalue weighted by atomic mass is 32.2. The third-order valence-corrected chi connectivity index (χ3v) is 7.48. The number of hydrogen-bond donors (Lipinski definition) is 2. The van der Waals surface area contributed by atoms with E-state index in [4.69, 9.17) is 0 Å². The van der Waals surface area contributed by atoms with Gasteiger partial charge in [-0.3, -0.25) is 19.7 Å². The Morgan fingerprint density at radius 2 is 1.94 bits per heavy atom. The number of fused-ring (bicyclic) bond motifs is 4. The standard InChI is InChI=1S/C25H24N4O6S/c1-25(2,3)26-22(31)20-14-7-5-4-6-13(14)8-9-27(20)17-10-15-16(11-18(17)29(34)35)28-12-36-23(28)19(21(15)30)24(32)33/h4-7,10-11,20H,8-9,12H2,1-3H3,(H,26,31)(H,32,33). The number of pyridine rings is 1. The third kappa shape index (κ3) is 3.79. The van der Waals surface area contributed by atoms with Crippen LogP contribution in [0.4, 0.5) is 11.4 Å². The molecule has 3 aromatic rings. The molecule has 0 saturated carbocycles. The summed E-state index contributed by atoms with van der Waals surface area (Å²) in [6, 6.07) is 9.30. The van der Waals surface area contributed by atoms with Crippen LogP contribution in [0, 0.1) is 10.1 Å². The molecule has 2 aliphatic heterocycles. The lowest BCUT2D eigenvalue weighted by molar-refractivity contribution is -0.384. The largest absolute Gasteiger partial charge is 0.477 e. The van der Waals surface area contributed by atoms with Gasteiger partial charge in [0.25, 0.3) is 5.69 Å². The van der Waals surface area contributed by atoms with Crippen molar-refractivity contribution in [2.75, 3.05) is 11.4 Å². The summed E-state index contributed by atoms with van der Waals surface area (Å²) in [5, 5.41) is 25.2. The second-order valence-corrected chi connectivity index (χ2v) is 10.8. The van der Waals surface area contributed by atoms with Gasteiger partial charge in [0.2, 0.25) is 11.3 Å². The van der Waals surface area contributed by atoms with E-state index in [1.165, 1.54) is 23.9 Å². The van der Waals surface area contributed by atoms with Gasteiger partial charge in [-0.25, -0.2) is 4.79 Å². The smallest absolute Gasteiger partial charge is 0.342 e. The second kappa shape index (κ2) is 8.37. The fourth-order valence-electron chi connectivity index (χ4n) is 4.89. The minimum atomic E-state index is -1.34. The van der Waals surface area contributed by atoms with E-state index < -0.39 is 27.9 Å². The Morgan fingerprint density at radius 1 is 1.22 bits per heavy atom. The van der Waals surface area contributed by atoms with E-state index in [0.29, 0.717) is 24.4 Å². The number of hydrogen-bond acceptors (Lipinski definition) is 7. The molecule has 10 nitrogen and oxygen atoms in total. The summed E-state index contributed by atoms with van der Waals surface area (Å²) in [6.07, 6.45) is 0.546. The highest BCUT2D eigenvalue weighted by Gasteiger charge is 2.38. The zero-order valence-corrected chi connectivity index (χ0v) is 20.7. The Kier molecular flexibility index (Phi) is 5.55. The summed E-state index contributed by atoms with van der Waals surface area (Å²) in [5.74, 6) is -1.27. The molecule has 2 N–H and O–H groups in total. The molecule has 3 heterocycles. The second-order valence-electron chi connectivity index (χ2n) is 9.92. The van der Waals surface area contributed by atoms with Crippen LogP contribution in [0.15, 0.2) is 46.2 Å². The van der Waals surface area contributed by atoms with Crippen LogP contribution in [0.25, 0.3) is 10.9 Å². The van der Waals surface area contributed by atoms with Crippen molar-refractivity contribution in [3.63, 3.8) is 0 Å². The molecule has 186 valence electrons. The maximum absolute atomic E-state index is 13.6. The Hall–Kier alpha value is -3.86. The maximum Gasteiger partial charge on any atom is 0.342 e. The molecule has 2 aromatic carbocycles. The molecule has 1 atom stereocenters. The van der Waals surface area contributed by atoms with Crippen LogP contribution >= 0.6 is 11.8 Å². The van der Waals surface area contributed by atoms with E-state index in [-0.39, 0.29) is 33.3 Å². The molecular weight excluding hydrogens is 484 g/mol. The number of rotatable bonds is 4. The molecule has 1 amide bonds. The van der Waals surface area contributed by atoms with Crippen LogP contribution in [0.3, 0.4) is 0 Å². The fraction of sp³-hybridized carbons (Fsp3) is 0.320. The first-order valence-corrected chi connectivity index (χ1v) is 12.4. The molecule has 0 radical (unpaired) electrons. The number of anilines is 1. The van der Waals surface area contributed by atoms with Gasteiger partial charge in [-0.05, 0) is 44.4 Å². The van der Waals surface area contributed by atoms with Crippen molar-refractivity contribution in [2.24, 2.45) is 0 Å². The lowest BCUT2D eigenvalue weighted by atomic mass is 9.90. The average molecular weight is 509 g/mol. The van der Waals surface area contributed by atoms with Gasteiger partial charge in [-0.2, -0.15) is 0 Å². The van der Waals surface area contributed by atoms with Gasteiger partial charge in [0.05, 0.1) is 21.3 Å². The monoisotopic (exact) mass is 508 g/mol. The quantitative estimate of drug-likeness (QED) is 0.402. The van der Waals surface area contributed by atoms with Crippen molar-refractivity contribution < 1.29 is 19.6 Å². The Labute approximate surface area is 210 Å². The summed E-state index contributed by atoms with van der Waals surface area (Å²) < 4.78 is 1.61. The summed E-state index contributed by atoms with van der Waals surface area (Å²) in [5.41, 5.74) is 0.294. The van der Waals surface area contributed by atoms with Crippen LogP contribution in [-0.2, 0) is 17.1 Å². The van der Waals surface area contributed by atoms with Crippen molar-refractivity contribution in [1.29, 1.82) is 0 Å². The highest BCUT2D eigenvalue weighted by molar-refractivity contribution is 7.99. The lowest BCUT2D eigenvalue weighted by Crippen LogP contribution is -2.50. The molecule has 0 saturated heterocycles.